The number of nitrogens with one attached hydrogen (secondary N) is 1. The molecule has 0 aliphatic carbocycles. The number of halogens is 2. The molecular formula is C22H19ClFN7O. The second kappa shape index (κ2) is 8.16. The summed E-state index contributed by atoms with van der Waals surface area (Å²) in [4.78, 5) is 25.2. The monoisotopic (exact) mass is 451 g/mol. The van der Waals surface area contributed by atoms with E-state index in [2.05, 4.69) is 20.4 Å². The van der Waals surface area contributed by atoms with E-state index in [0.29, 0.717) is 42.2 Å². The minimum Gasteiger partial charge on any atom is -0.368 e. The summed E-state index contributed by atoms with van der Waals surface area (Å²) in [6.07, 6.45) is 2.41. The number of carbonyl (C=O) groups excluding carboxylic acids is 1. The van der Waals surface area contributed by atoms with Crippen molar-refractivity contribution in [3.63, 3.8) is 0 Å². The number of nitrogen functional groups attached to an aromatic ring is 1. The number of anilines is 1. The fourth-order valence-corrected chi connectivity index (χ4v) is 4.21. The van der Waals surface area contributed by atoms with Crippen LogP contribution in [0.2, 0.25) is 5.02 Å². The Bertz CT molecular complexity index is 1320. The average molecular weight is 452 g/mol. The largest absolute Gasteiger partial charge is 0.368 e. The van der Waals surface area contributed by atoms with Gasteiger partial charge in [-0.1, -0.05) is 41.9 Å². The molecule has 1 amide bonds. The molecule has 0 bridgehead atoms. The van der Waals surface area contributed by atoms with Gasteiger partial charge in [-0.05, 0) is 12.5 Å². The second-order valence-corrected chi connectivity index (χ2v) is 8.07. The number of pyridine rings is 1. The minimum absolute atomic E-state index is 0.00286. The lowest BCUT2D eigenvalue weighted by Crippen LogP contribution is -2.34. The number of piperidine rings is 1. The number of benzene rings is 1. The maximum atomic E-state index is 13.4. The first-order chi connectivity index (χ1) is 15.5. The Morgan fingerprint density at radius 3 is 2.78 bits per heavy atom. The van der Waals surface area contributed by atoms with Gasteiger partial charge in [-0.3, -0.25) is 9.78 Å². The van der Waals surface area contributed by atoms with Crippen LogP contribution < -0.4 is 11.1 Å². The molecule has 162 valence electrons. The van der Waals surface area contributed by atoms with Crippen LogP contribution in [0.25, 0.3) is 16.9 Å². The molecule has 1 aromatic carbocycles. The highest BCUT2D eigenvalue weighted by atomic mass is 35.5. The molecule has 3 N–H and O–H groups in total. The molecule has 1 fully saturated rings. The predicted octanol–water partition coefficient (Wildman–Crippen LogP) is 3.15. The van der Waals surface area contributed by atoms with Gasteiger partial charge in [-0.2, -0.15) is 4.52 Å². The fourth-order valence-electron chi connectivity index (χ4n) is 3.99. The first kappa shape index (κ1) is 20.3. The number of amides is 1. The van der Waals surface area contributed by atoms with Crippen LogP contribution in [0.4, 0.5) is 10.3 Å². The van der Waals surface area contributed by atoms with E-state index in [1.807, 2.05) is 30.3 Å². The molecule has 8 nitrogen and oxygen atoms in total. The zero-order valence-corrected chi connectivity index (χ0v) is 17.7. The molecule has 0 spiro atoms. The van der Waals surface area contributed by atoms with Crippen LogP contribution >= 0.6 is 11.6 Å². The van der Waals surface area contributed by atoms with Crippen LogP contribution in [0.3, 0.4) is 0 Å². The van der Waals surface area contributed by atoms with Crippen LogP contribution in [0, 0.1) is 5.82 Å². The third-order valence-electron chi connectivity index (χ3n) is 5.52. The van der Waals surface area contributed by atoms with E-state index in [4.69, 9.17) is 22.3 Å². The van der Waals surface area contributed by atoms with E-state index >= 15 is 0 Å². The van der Waals surface area contributed by atoms with Gasteiger partial charge in [-0.25, -0.2) is 14.4 Å². The van der Waals surface area contributed by atoms with Crippen LogP contribution in [0.15, 0.2) is 42.6 Å². The van der Waals surface area contributed by atoms with Crippen molar-refractivity contribution in [3.8, 4) is 11.3 Å². The van der Waals surface area contributed by atoms with Crippen LogP contribution in [-0.4, -0.2) is 37.0 Å². The molecule has 3 aromatic heterocycles. The Balaban J connectivity index is 1.66. The van der Waals surface area contributed by atoms with Gasteiger partial charge >= 0.3 is 0 Å². The quantitative estimate of drug-likeness (QED) is 0.493. The molecular weight excluding hydrogens is 433 g/mol. The van der Waals surface area contributed by atoms with E-state index in [1.54, 1.807) is 0 Å². The number of nitrogens with two attached hydrogens (primary N) is 1. The van der Waals surface area contributed by atoms with Gasteiger partial charge in [0.1, 0.15) is 5.82 Å². The van der Waals surface area contributed by atoms with E-state index in [-0.39, 0.29) is 29.2 Å². The first-order valence-corrected chi connectivity index (χ1v) is 10.5. The smallest absolute Gasteiger partial charge is 0.223 e. The molecule has 1 atom stereocenters. The number of aromatic nitrogens is 5. The van der Waals surface area contributed by atoms with Crippen molar-refractivity contribution >= 4 is 29.1 Å². The molecule has 0 radical (unpaired) electrons. The summed E-state index contributed by atoms with van der Waals surface area (Å²) in [6.45, 7) is 0.480. The Kier molecular flexibility index (Phi) is 5.18. The molecule has 10 heteroatoms. The SMILES string of the molecule is Nc1nc(-c2ccccc2)c(C2CCC(=O)NC2)c2nc(Cc3ncc(F)cc3Cl)nn12. The van der Waals surface area contributed by atoms with Crippen molar-refractivity contribution in [1.82, 2.24) is 29.9 Å². The van der Waals surface area contributed by atoms with Crippen molar-refractivity contribution in [1.29, 1.82) is 0 Å². The highest BCUT2D eigenvalue weighted by Crippen LogP contribution is 2.35. The molecule has 1 aliphatic heterocycles. The summed E-state index contributed by atoms with van der Waals surface area (Å²) in [6, 6.07) is 10.9. The van der Waals surface area contributed by atoms with Gasteiger partial charge in [0.05, 0.1) is 29.0 Å². The highest BCUT2D eigenvalue weighted by molar-refractivity contribution is 6.31. The maximum Gasteiger partial charge on any atom is 0.223 e. The molecule has 32 heavy (non-hydrogen) atoms. The molecule has 1 unspecified atom stereocenters. The second-order valence-electron chi connectivity index (χ2n) is 7.66. The summed E-state index contributed by atoms with van der Waals surface area (Å²) >= 11 is 6.14. The summed E-state index contributed by atoms with van der Waals surface area (Å²) in [5.41, 5.74) is 9.80. The first-order valence-electron chi connectivity index (χ1n) is 10.2. The summed E-state index contributed by atoms with van der Waals surface area (Å²) < 4.78 is 14.9. The lowest BCUT2D eigenvalue weighted by atomic mass is 9.89. The predicted molar refractivity (Wildman–Crippen MR) is 118 cm³/mol. The van der Waals surface area contributed by atoms with E-state index in [1.165, 1.54) is 10.6 Å². The number of rotatable bonds is 4. The third kappa shape index (κ3) is 3.75. The van der Waals surface area contributed by atoms with Crippen molar-refractivity contribution < 1.29 is 9.18 Å². The van der Waals surface area contributed by atoms with Gasteiger partial charge in [-0.15, -0.1) is 5.10 Å². The molecule has 5 rings (SSSR count). The van der Waals surface area contributed by atoms with E-state index in [9.17, 15) is 9.18 Å². The third-order valence-corrected chi connectivity index (χ3v) is 5.85. The van der Waals surface area contributed by atoms with Gasteiger partial charge in [0, 0.05) is 30.0 Å². The Morgan fingerprint density at radius 2 is 2.06 bits per heavy atom. The molecule has 0 saturated carbocycles. The maximum absolute atomic E-state index is 13.4. The number of fused-ring (bicyclic) bond motifs is 1. The number of nitrogens with zero attached hydrogens (tertiary/aromatic N) is 5. The highest BCUT2D eigenvalue weighted by Gasteiger charge is 2.28. The Labute approximate surface area is 187 Å². The van der Waals surface area contributed by atoms with Gasteiger partial charge in [0.2, 0.25) is 11.9 Å². The zero-order valence-electron chi connectivity index (χ0n) is 16.9. The Morgan fingerprint density at radius 1 is 1.25 bits per heavy atom. The molecule has 1 aliphatic rings. The number of hydrogen-bond acceptors (Lipinski definition) is 6. The van der Waals surface area contributed by atoms with Crippen LogP contribution in [-0.2, 0) is 11.2 Å². The van der Waals surface area contributed by atoms with Crippen molar-refractivity contribution in [2.45, 2.75) is 25.2 Å². The summed E-state index contributed by atoms with van der Waals surface area (Å²) in [5.74, 6) is 0.152. The van der Waals surface area contributed by atoms with E-state index < -0.39 is 5.82 Å². The fraction of sp³-hybridized carbons (Fsp3) is 0.227. The zero-order chi connectivity index (χ0) is 22.2. The number of carbonyl (C=O) groups is 1. The summed E-state index contributed by atoms with van der Waals surface area (Å²) in [7, 11) is 0. The normalized spacial score (nSPS) is 16.3. The molecule has 4 aromatic rings. The lowest BCUT2D eigenvalue weighted by Gasteiger charge is -2.25. The summed E-state index contributed by atoms with van der Waals surface area (Å²) in [5, 5.41) is 7.65. The van der Waals surface area contributed by atoms with Gasteiger partial charge in [0.15, 0.2) is 11.5 Å². The van der Waals surface area contributed by atoms with Gasteiger partial charge in [0.25, 0.3) is 0 Å². The molecule has 1 saturated heterocycles. The van der Waals surface area contributed by atoms with Crippen molar-refractivity contribution in [2.24, 2.45) is 0 Å². The lowest BCUT2D eigenvalue weighted by molar-refractivity contribution is -0.122. The van der Waals surface area contributed by atoms with Crippen LogP contribution in [0.1, 0.15) is 35.8 Å². The topological polar surface area (TPSA) is 111 Å². The Hall–Kier alpha value is -3.59. The van der Waals surface area contributed by atoms with Crippen molar-refractivity contribution in [3.05, 3.63) is 70.5 Å². The van der Waals surface area contributed by atoms with Crippen molar-refractivity contribution in [2.75, 3.05) is 12.3 Å². The molecule has 4 heterocycles. The van der Waals surface area contributed by atoms with E-state index in [0.717, 1.165) is 17.3 Å². The van der Waals surface area contributed by atoms with Gasteiger partial charge < -0.3 is 11.1 Å². The average Bonchev–Trinajstić information content (AvgIpc) is 3.21. The minimum atomic E-state index is -0.510. The standard InChI is InChI=1S/C22H19ClFN7O/c23-15-8-14(24)11-26-16(15)9-17-28-21-19(13-6-7-18(32)27-10-13)20(12-4-2-1-3-5-12)29-22(25)31(21)30-17/h1-5,8,11,13H,6-7,9-10H2,(H2,25,29)(H,27,32). The number of hydrogen-bond donors (Lipinski definition) is 2. The van der Waals surface area contributed by atoms with Crippen LogP contribution in [0.5, 0.6) is 0 Å².